The molecule has 1 saturated heterocycles. The number of Topliss-reactive ketones (excluding diaryl/α,β-unsaturated/α-hetero) is 2. The summed E-state index contributed by atoms with van der Waals surface area (Å²) in [6.07, 6.45) is 15.9. The number of carbonyl (C=O) groups is 7. The monoisotopic (exact) mass is 1860 g/mol. The number of ether oxygens (including phenoxy) is 4. The summed E-state index contributed by atoms with van der Waals surface area (Å²) in [7, 11) is 1.50. The fourth-order valence-corrected chi connectivity index (χ4v) is 12.3. The first-order valence-electron chi connectivity index (χ1n) is 42.1. The number of alkyl halides is 3. The van der Waals surface area contributed by atoms with Crippen molar-refractivity contribution in [1.82, 2.24) is 70.5 Å². The second kappa shape index (κ2) is 52.8. The molecule has 9 heterocycles. The maximum atomic E-state index is 13.0. The van der Waals surface area contributed by atoms with Crippen LogP contribution in [0.1, 0.15) is 188 Å². The zero-order valence-corrected chi connectivity index (χ0v) is 79.9. The summed E-state index contributed by atoms with van der Waals surface area (Å²) >= 11 is 0. The summed E-state index contributed by atoms with van der Waals surface area (Å²) < 4.78 is 58.5. The lowest BCUT2D eigenvalue weighted by molar-refractivity contribution is -0.250. The minimum Gasteiger partial charge on any atom is -0.481 e. The van der Waals surface area contributed by atoms with Crippen LogP contribution in [-0.4, -0.2) is 187 Å². The second-order valence-electron chi connectivity index (χ2n) is 34.1. The standard InChI is InChI=1S/C20H25F3N4O2.C16H16N4.C15H22N2O3.C11H15NO2.C10H14N2O.2C9H11NO2.C8H9NO.2ClH/c1-18(2,16-24-15(25-26-16)13-7-5-4-6-8-13)14-9-11-27(12-10-14)17(28)19(3,29)20(21,22)23;1-16(2,13-8-10-17-11-9-13)15-18-14(19-20-15)12-6-4-3-5-7-12;1-14(2,3)20-13(19)17-10-12(18)15(4,5)11-6-8-16-9-7-11;1-4-14-10(13)11(2,3)9-5-7-12-8-6-9;1-10(2,9(13)7-11)8-3-5-12-6-4-8;1-9(2,8(11)12)7-3-5-10-6-4-7;1-2-12-9(11)7-8-3-5-10-6-4-8;1-10-8(9)7-5-3-2-4-6-7;;/h4-8,14,29H,9-12H2,1-3H3,(H,24,25,26);3-11H,1-2H3,(H,18,19,20);6-9H,10H2,1-5H3,(H,17,19);5-8H,4H2,1-3H3;3-6H,7,11H2,1-2H3;3-6H,1-2H3,(H,11,12);3-6H,2,7H2,1H3;2-6,9H,1H3;2*1H/t19-;;;;;;;;;/m1........./s1. The van der Waals surface area contributed by atoms with E-state index in [1.807, 2.05) is 183 Å². The highest BCUT2D eigenvalue weighted by Crippen LogP contribution is 2.40. The number of piperidine rings is 1. The molecular weight excluding hydrogens is 1740 g/mol. The average molecular weight is 1860 g/mol. The second-order valence-corrected chi connectivity index (χ2v) is 34.1. The van der Waals surface area contributed by atoms with Crippen LogP contribution in [0, 0.1) is 11.3 Å². The van der Waals surface area contributed by atoms with Gasteiger partial charge in [0.05, 0.1) is 56.1 Å². The lowest BCUT2D eigenvalue weighted by Crippen LogP contribution is -2.58. The molecule has 710 valence electrons. The number of nitrogens with two attached hydrogens (primary N) is 1. The molecule has 34 heteroatoms. The number of nitrogens with one attached hydrogen (secondary N) is 4. The Morgan fingerprint density at radius 2 is 0.864 bits per heavy atom. The van der Waals surface area contributed by atoms with Gasteiger partial charge in [0.2, 0.25) is 11.5 Å². The molecule has 2 amide bonds. The molecule has 12 rings (SSSR count). The number of halogens is 5. The van der Waals surface area contributed by atoms with Crippen molar-refractivity contribution in [3.8, 4) is 22.8 Å². The van der Waals surface area contributed by atoms with Crippen LogP contribution in [0.2, 0.25) is 0 Å². The Labute approximate surface area is 783 Å². The van der Waals surface area contributed by atoms with E-state index >= 15 is 0 Å². The number of alkyl carbamates (subject to hydrolysis) is 1. The number of methoxy groups -OCH3 is 1. The molecule has 0 saturated carbocycles. The van der Waals surface area contributed by atoms with E-state index in [0.717, 1.165) is 66.6 Å². The summed E-state index contributed by atoms with van der Waals surface area (Å²) in [5.74, 6) is 0.597. The van der Waals surface area contributed by atoms with Crippen LogP contribution in [-0.2, 0) is 86.6 Å². The number of carbonyl (C=O) groups excluding carboxylic acids is 6. The number of benzene rings is 3. The largest absolute Gasteiger partial charge is 0.481 e. The summed E-state index contributed by atoms with van der Waals surface area (Å²) in [5.41, 5.74) is 6.45. The van der Waals surface area contributed by atoms with Crippen LogP contribution < -0.4 is 11.1 Å². The maximum absolute atomic E-state index is 13.0. The van der Waals surface area contributed by atoms with Gasteiger partial charge in [0.25, 0.3) is 5.91 Å². The molecule has 1 fully saturated rings. The number of aliphatic carboxylic acids is 1. The maximum Gasteiger partial charge on any atom is 0.426 e. The number of hydrogen-bond acceptors (Lipinski definition) is 24. The van der Waals surface area contributed by atoms with Gasteiger partial charge in [-0.2, -0.15) is 23.4 Å². The highest BCUT2D eigenvalue weighted by Gasteiger charge is 2.57. The average Bonchev–Trinajstić information content (AvgIpc) is 1.30. The van der Waals surface area contributed by atoms with Gasteiger partial charge in [-0.3, -0.25) is 74.3 Å². The fourth-order valence-electron chi connectivity index (χ4n) is 12.3. The molecule has 8 N–H and O–H groups in total. The third kappa shape index (κ3) is 34.4. The number of ketones is 2. The third-order valence-electron chi connectivity index (χ3n) is 21.4. The molecule has 0 spiro atoms. The Morgan fingerprint density at radius 1 is 0.500 bits per heavy atom. The number of pyridine rings is 6. The molecule has 29 nitrogen and oxygen atoms in total. The fraction of sp³-hybridized carbons (Fsp3) is 0.388. The van der Waals surface area contributed by atoms with Gasteiger partial charge in [-0.1, -0.05) is 92.7 Å². The number of rotatable bonds is 23. The Morgan fingerprint density at radius 3 is 1.24 bits per heavy atom. The van der Waals surface area contributed by atoms with Gasteiger partial charge in [0.15, 0.2) is 23.2 Å². The predicted octanol–water partition coefficient (Wildman–Crippen LogP) is 16.9. The van der Waals surface area contributed by atoms with E-state index < -0.39 is 62.4 Å². The molecule has 1 atom stereocenters. The minimum absolute atomic E-state index is 0. The Hall–Kier alpha value is -12.9. The summed E-state index contributed by atoms with van der Waals surface area (Å²) in [4.78, 5) is 115. The van der Waals surface area contributed by atoms with Crippen LogP contribution in [0.3, 0.4) is 0 Å². The quantitative estimate of drug-likeness (QED) is 0.0135. The highest BCUT2D eigenvalue weighted by molar-refractivity contribution is 5.93. The van der Waals surface area contributed by atoms with Gasteiger partial charge in [-0.05, 0) is 248 Å². The van der Waals surface area contributed by atoms with Gasteiger partial charge >= 0.3 is 30.2 Å². The van der Waals surface area contributed by atoms with Crippen molar-refractivity contribution >= 4 is 72.2 Å². The van der Waals surface area contributed by atoms with Crippen LogP contribution in [0.4, 0.5) is 18.0 Å². The number of aromatic nitrogens is 12. The van der Waals surface area contributed by atoms with Crippen LogP contribution in [0.25, 0.3) is 22.8 Å². The molecule has 8 aromatic heterocycles. The molecule has 0 aliphatic carbocycles. The van der Waals surface area contributed by atoms with Gasteiger partial charge in [0, 0.05) is 120 Å². The van der Waals surface area contributed by atoms with E-state index in [4.69, 9.17) is 35.2 Å². The predicted molar refractivity (Wildman–Crippen MR) is 505 cm³/mol. The van der Waals surface area contributed by atoms with Crippen molar-refractivity contribution in [3.05, 3.63) is 289 Å². The SMILES string of the molecule is CC(C)(C(=O)CN)c1ccncc1.CC(C)(C(=O)O)c1ccncc1.CC(C)(C)OC(=O)NCC(=O)C(C)(C)c1ccncc1.CC(C)(c1ccncc1)c1nc(-c2ccccc2)n[nH]1.CC(C)(c1nc(-c2ccccc2)n[nH]1)C1CCN(C(=O)[C@@](C)(O)C(F)(F)F)CC1.CCOC(=O)C(C)(C)c1ccncc1.CCOC(=O)Cc1ccncc1.COC(=N)c1ccccc1.Cl.Cl. The highest BCUT2D eigenvalue weighted by atomic mass is 35.5. The Balaban J connectivity index is 0.000000397. The topological polar surface area (TPSA) is 422 Å². The van der Waals surface area contributed by atoms with Crippen molar-refractivity contribution < 1.29 is 75.9 Å². The van der Waals surface area contributed by atoms with Gasteiger partial charge in [-0.25, -0.2) is 14.8 Å². The Bertz CT molecular complexity index is 5290. The van der Waals surface area contributed by atoms with E-state index in [-0.39, 0.29) is 91.7 Å². The number of aromatic amines is 2. The van der Waals surface area contributed by atoms with Crippen LogP contribution in [0.5, 0.6) is 0 Å². The van der Waals surface area contributed by atoms with E-state index in [1.54, 1.807) is 159 Å². The van der Waals surface area contributed by atoms with Gasteiger partial charge in [-0.15, -0.1) is 24.8 Å². The summed E-state index contributed by atoms with van der Waals surface area (Å²) in [6, 6.07) is 50.8. The van der Waals surface area contributed by atoms with Gasteiger partial charge in [0.1, 0.15) is 17.2 Å². The molecule has 0 unspecified atom stereocenters. The number of esters is 2. The first-order valence-corrected chi connectivity index (χ1v) is 42.1. The number of carboxylic acid groups (broad SMARTS) is 1. The number of carboxylic acids is 1. The molecule has 3 aromatic carbocycles. The number of H-pyrrole nitrogens is 2. The molecule has 132 heavy (non-hydrogen) atoms. The molecular formula is C98H125Cl2F3N16O13. The number of aliphatic hydroxyl groups is 1. The number of likely N-dealkylation sites (tertiary alicyclic amines) is 1. The summed E-state index contributed by atoms with van der Waals surface area (Å²) in [6.45, 7) is 33.3. The third-order valence-corrected chi connectivity index (χ3v) is 21.4. The van der Waals surface area contributed by atoms with Crippen LogP contribution in [0.15, 0.2) is 238 Å². The first-order chi connectivity index (χ1) is 61.1. The van der Waals surface area contributed by atoms with E-state index in [2.05, 4.69) is 79.4 Å². The molecule has 0 radical (unpaired) electrons. The van der Waals surface area contributed by atoms with Crippen molar-refractivity contribution in [2.24, 2.45) is 11.7 Å². The number of nitrogens with zero attached hydrogens (tertiary/aromatic N) is 11. The normalized spacial score (nSPS) is 12.4. The molecule has 0 bridgehead atoms. The zero-order chi connectivity index (χ0) is 96.7. The van der Waals surface area contributed by atoms with E-state index in [9.17, 15) is 51.8 Å². The van der Waals surface area contributed by atoms with Crippen molar-refractivity contribution in [3.63, 3.8) is 0 Å². The number of hydrogen-bond donors (Lipinski definition) is 7. The van der Waals surface area contributed by atoms with E-state index in [1.165, 1.54) is 7.11 Å². The molecule has 11 aromatic rings. The molecule has 1 aliphatic rings. The molecule has 1 aliphatic heterocycles. The number of amides is 2. The minimum atomic E-state index is -5.01. The smallest absolute Gasteiger partial charge is 0.426 e. The van der Waals surface area contributed by atoms with Crippen molar-refractivity contribution in [2.45, 2.75) is 194 Å². The van der Waals surface area contributed by atoms with E-state index in [0.29, 0.717) is 51.0 Å². The van der Waals surface area contributed by atoms with Crippen LogP contribution >= 0.6 is 24.8 Å². The van der Waals surface area contributed by atoms with Crippen molar-refractivity contribution in [1.29, 1.82) is 5.41 Å². The first kappa shape index (κ1) is 113. The zero-order valence-electron chi connectivity index (χ0n) is 78.3. The Kier molecular flexibility index (Phi) is 45.3. The lowest BCUT2D eigenvalue weighted by Gasteiger charge is -2.41. The van der Waals surface area contributed by atoms with Crippen molar-refractivity contribution in [2.75, 3.05) is 46.5 Å². The van der Waals surface area contributed by atoms with Gasteiger partial charge < -0.3 is 45.1 Å². The summed E-state index contributed by atoms with van der Waals surface area (Å²) in [5, 5.41) is 42.9. The lowest BCUT2D eigenvalue weighted by atomic mass is 9.73.